The smallest absolute Gasteiger partial charge is 0.165 e. The second kappa shape index (κ2) is 14.9. The summed E-state index contributed by atoms with van der Waals surface area (Å²) in [4.78, 5) is 15.6. The summed E-state index contributed by atoms with van der Waals surface area (Å²) in [7, 11) is 0. The van der Waals surface area contributed by atoms with Crippen molar-refractivity contribution in [2.45, 2.75) is 0 Å². The van der Waals surface area contributed by atoms with Gasteiger partial charge in [0.2, 0.25) is 0 Å². The highest BCUT2D eigenvalue weighted by Crippen LogP contribution is 2.46. The van der Waals surface area contributed by atoms with Crippen LogP contribution in [0, 0.1) is 0 Å². The van der Waals surface area contributed by atoms with Crippen molar-refractivity contribution < 1.29 is 0 Å². The zero-order valence-electron chi connectivity index (χ0n) is 33.5. The Morgan fingerprint density at radius 3 is 1.52 bits per heavy atom. The molecule has 0 fully saturated rings. The highest BCUT2D eigenvalue weighted by molar-refractivity contribution is 7.26. The van der Waals surface area contributed by atoms with E-state index in [-0.39, 0.29) is 0 Å². The van der Waals surface area contributed by atoms with Crippen LogP contribution in [-0.4, -0.2) is 19.5 Å². The summed E-state index contributed by atoms with van der Waals surface area (Å²) in [6.07, 6.45) is 0. The first-order valence-electron chi connectivity index (χ1n) is 20.9. The summed E-state index contributed by atoms with van der Waals surface area (Å²) in [5.74, 6) is 1.92. The predicted molar refractivity (Wildman–Crippen MR) is 260 cm³/mol. The molecule has 9 aromatic carbocycles. The van der Waals surface area contributed by atoms with Crippen LogP contribution in [0.25, 0.3) is 115 Å². The summed E-state index contributed by atoms with van der Waals surface area (Å²) in [6, 6.07) is 77.4. The van der Waals surface area contributed by atoms with E-state index in [0.29, 0.717) is 17.5 Å². The van der Waals surface area contributed by atoms with Crippen molar-refractivity contribution >= 4 is 53.3 Å². The monoisotopic (exact) mass is 808 g/mol. The largest absolute Gasteiger partial charge is 0.309 e. The average Bonchev–Trinajstić information content (AvgIpc) is 3.91. The molecule has 0 aliphatic carbocycles. The van der Waals surface area contributed by atoms with Crippen molar-refractivity contribution in [3.63, 3.8) is 0 Å². The van der Waals surface area contributed by atoms with Crippen molar-refractivity contribution in [1.82, 2.24) is 19.5 Å². The molecule has 0 amide bonds. The van der Waals surface area contributed by atoms with E-state index < -0.39 is 0 Å². The summed E-state index contributed by atoms with van der Waals surface area (Å²) < 4.78 is 4.78. The van der Waals surface area contributed by atoms with E-state index in [2.05, 4.69) is 205 Å². The first kappa shape index (κ1) is 35.9. The van der Waals surface area contributed by atoms with Crippen molar-refractivity contribution in [3.8, 4) is 73.2 Å². The topological polar surface area (TPSA) is 43.6 Å². The molecule has 12 rings (SSSR count). The molecule has 4 nitrogen and oxygen atoms in total. The van der Waals surface area contributed by atoms with E-state index >= 15 is 0 Å². The maximum absolute atomic E-state index is 5.29. The van der Waals surface area contributed by atoms with Gasteiger partial charge in [0.25, 0.3) is 0 Å². The maximum Gasteiger partial charge on any atom is 0.165 e. The fourth-order valence-corrected chi connectivity index (χ4v) is 10.3. The molecular weight excluding hydrogens is 773 g/mol. The molecule has 0 atom stereocenters. The Labute approximate surface area is 362 Å². The van der Waals surface area contributed by atoms with E-state index in [1.54, 1.807) is 11.3 Å². The van der Waals surface area contributed by atoms with Gasteiger partial charge in [-0.05, 0) is 70.3 Å². The molecular formula is C57H36N4S. The molecule has 0 radical (unpaired) electrons. The Bertz CT molecular complexity index is 3590. The number of hydrogen-bond donors (Lipinski definition) is 0. The Morgan fingerprint density at radius 2 is 0.790 bits per heavy atom. The second-order valence-corrected chi connectivity index (χ2v) is 16.6. The third-order valence-corrected chi connectivity index (χ3v) is 13.1. The Kier molecular flexibility index (Phi) is 8.65. The van der Waals surface area contributed by atoms with Gasteiger partial charge in [-0.15, -0.1) is 11.3 Å². The highest BCUT2D eigenvalue weighted by atomic mass is 32.1. The minimum Gasteiger partial charge on any atom is -0.309 e. The van der Waals surface area contributed by atoms with Gasteiger partial charge in [-0.1, -0.05) is 176 Å². The SMILES string of the molecule is c1ccc(-c2cccc(-c3cccc(-c4nc(-c5ccccc5)nc(-c5cccc6c5sc5cccc(-c7ccccc7-n7c8ccccc8c8ccccc87)c56)n4)c3)c2)cc1. The summed E-state index contributed by atoms with van der Waals surface area (Å²) >= 11 is 1.80. The molecule has 0 saturated heterocycles. The van der Waals surface area contributed by atoms with E-state index in [1.807, 2.05) is 18.2 Å². The van der Waals surface area contributed by atoms with Gasteiger partial charge in [0.15, 0.2) is 17.5 Å². The molecule has 290 valence electrons. The number of hydrogen-bond acceptors (Lipinski definition) is 4. The van der Waals surface area contributed by atoms with Gasteiger partial charge in [-0.3, -0.25) is 0 Å². The van der Waals surface area contributed by atoms with Gasteiger partial charge < -0.3 is 4.57 Å². The second-order valence-electron chi connectivity index (χ2n) is 15.5. The fraction of sp³-hybridized carbons (Fsp3) is 0. The standard InChI is InChI=1S/C57H36N4S/c1-3-17-37(18-4-1)39-21-13-22-40(35-39)41-23-14-24-42(36-41)56-58-55(38-19-5-2-6-20-38)59-57(60-56)48-30-15-29-47-53-46(28-16-34-52(53)62-54(47)48)45-27-9-12-33-51(45)61-49-31-10-7-25-43(49)44-26-8-11-32-50(44)61/h1-36H. The predicted octanol–water partition coefficient (Wildman–Crippen LogP) is 15.3. The molecule has 3 aromatic heterocycles. The first-order valence-corrected chi connectivity index (χ1v) is 21.7. The van der Waals surface area contributed by atoms with Gasteiger partial charge in [0, 0.05) is 53.2 Å². The Morgan fingerprint density at radius 1 is 0.323 bits per heavy atom. The zero-order chi connectivity index (χ0) is 41.0. The number of para-hydroxylation sites is 3. The zero-order valence-corrected chi connectivity index (χ0v) is 34.3. The molecule has 0 aliphatic heterocycles. The van der Waals surface area contributed by atoms with Crippen molar-refractivity contribution in [1.29, 1.82) is 0 Å². The van der Waals surface area contributed by atoms with Gasteiger partial charge >= 0.3 is 0 Å². The van der Waals surface area contributed by atoms with Crippen LogP contribution in [0.5, 0.6) is 0 Å². The van der Waals surface area contributed by atoms with E-state index in [4.69, 9.17) is 15.0 Å². The van der Waals surface area contributed by atoms with E-state index in [9.17, 15) is 0 Å². The molecule has 0 saturated carbocycles. The van der Waals surface area contributed by atoms with Crippen LogP contribution in [0.2, 0.25) is 0 Å². The van der Waals surface area contributed by atoms with Crippen LogP contribution >= 0.6 is 11.3 Å². The minimum atomic E-state index is 0.633. The van der Waals surface area contributed by atoms with Crippen LogP contribution in [0.15, 0.2) is 218 Å². The van der Waals surface area contributed by atoms with Crippen molar-refractivity contribution in [2.24, 2.45) is 0 Å². The Hall–Kier alpha value is -7.99. The first-order chi connectivity index (χ1) is 30.7. The third kappa shape index (κ3) is 6.09. The van der Waals surface area contributed by atoms with Gasteiger partial charge in [-0.2, -0.15) is 0 Å². The van der Waals surface area contributed by atoms with Crippen LogP contribution < -0.4 is 0 Å². The fourth-order valence-electron chi connectivity index (χ4n) is 9.02. The number of fused-ring (bicyclic) bond motifs is 6. The molecule has 12 aromatic rings. The minimum absolute atomic E-state index is 0.633. The average molecular weight is 809 g/mol. The van der Waals surface area contributed by atoms with Crippen molar-refractivity contribution in [3.05, 3.63) is 218 Å². The van der Waals surface area contributed by atoms with E-state index in [0.717, 1.165) is 38.2 Å². The third-order valence-electron chi connectivity index (χ3n) is 11.9. The van der Waals surface area contributed by atoms with Crippen LogP contribution in [0.4, 0.5) is 0 Å². The molecule has 0 aliphatic rings. The molecule has 3 heterocycles. The molecule has 0 spiro atoms. The molecule has 0 bridgehead atoms. The number of benzene rings is 9. The molecule has 0 unspecified atom stereocenters. The van der Waals surface area contributed by atoms with Gasteiger partial charge in [0.05, 0.1) is 16.7 Å². The van der Waals surface area contributed by atoms with Crippen molar-refractivity contribution in [2.75, 3.05) is 0 Å². The maximum atomic E-state index is 5.29. The van der Waals surface area contributed by atoms with Crippen LogP contribution in [0.3, 0.4) is 0 Å². The lowest BCUT2D eigenvalue weighted by atomic mass is 9.97. The molecule has 0 N–H and O–H groups in total. The summed E-state index contributed by atoms with van der Waals surface area (Å²) in [6.45, 7) is 0. The lowest BCUT2D eigenvalue weighted by molar-refractivity contribution is 1.08. The van der Waals surface area contributed by atoms with Crippen LogP contribution in [0.1, 0.15) is 0 Å². The lowest BCUT2D eigenvalue weighted by Crippen LogP contribution is -2.00. The van der Waals surface area contributed by atoms with Gasteiger partial charge in [-0.25, -0.2) is 15.0 Å². The lowest BCUT2D eigenvalue weighted by Gasteiger charge is -2.15. The number of nitrogens with zero attached hydrogens (tertiary/aromatic N) is 4. The molecule has 62 heavy (non-hydrogen) atoms. The number of thiophene rings is 1. The summed E-state index contributed by atoms with van der Waals surface area (Å²) in [5, 5.41) is 4.90. The number of aromatic nitrogens is 4. The number of rotatable bonds is 7. The highest BCUT2D eigenvalue weighted by Gasteiger charge is 2.21. The normalized spacial score (nSPS) is 11.5. The van der Waals surface area contributed by atoms with E-state index in [1.165, 1.54) is 59.5 Å². The van der Waals surface area contributed by atoms with Gasteiger partial charge in [0.1, 0.15) is 0 Å². The molecule has 5 heteroatoms. The Balaban J connectivity index is 1.02. The quantitative estimate of drug-likeness (QED) is 0.161. The summed E-state index contributed by atoms with van der Waals surface area (Å²) in [5.41, 5.74) is 13.4. The van der Waals surface area contributed by atoms with Crippen LogP contribution in [-0.2, 0) is 0 Å².